The molecule has 4 rings (SSSR count). The van der Waals surface area contributed by atoms with Gasteiger partial charge < -0.3 is 15.5 Å². The highest BCUT2D eigenvalue weighted by molar-refractivity contribution is 7.97. The second-order valence-corrected chi connectivity index (χ2v) is 9.67. The van der Waals surface area contributed by atoms with Crippen molar-refractivity contribution in [2.75, 3.05) is 13.2 Å². The van der Waals surface area contributed by atoms with Crippen LogP contribution in [0, 0.1) is 5.92 Å². The number of rotatable bonds is 10. The molecule has 0 heterocycles. The first kappa shape index (κ1) is 27.0. The molecule has 4 N–H and O–H groups in total. The Kier molecular flexibility index (Phi) is 11.3. The van der Waals surface area contributed by atoms with E-state index in [4.69, 9.17) is 0 Å². The van der Waals surface area contributed by atoms with Gasteiger partial charge in [0.1, 0.15) is 0 Å². The summed E-state index contributed by atoms with van der Waals surface area (Å²) in [5.74, 6) is -0.0855. The van der Waals surface area contributed by atoms with Gasteiger partial charge in [0.15, 0.2) is 0 Å². The van der Waals surface area contributed by atoms with Gasteiger partial charge in [-0.25, -0.2) is 0 Å². The van der Waals surface area contributed by atoms with E-state index >= 15 is 0 Å². The van der Waals surface area contributed by atoms with Gasteiger partial charge in [0, 0.05) is 30.9 Å². The van der Waals surface area contributed by atoms with Crippen molar-refractivity contribution in [1.82, 2.24) is 10.0 Å². The van der Waals surface area contributed by atoms with Crippen molar-refractivity contribution in [3.05, 3.63) is 102 Å². The first-order valence-electron chi connectivity index (χ1n) is 12.3. The van der Waals surface area contributed by atoms with Crippen molar-refractivity contribution >= 4 is 17.9 Å². The van der Waals surface area contributed by atoms with E-state index in [1.807, 2.05) is 60.7 Å². The fourth-order valence-electron chi connectivity index (χ4n) is 4.03. The van der Waals surface area contributed by atoms with E-state index in [2.05, 4.69) is 41.2 Å². The molecule has 35 heavy (non-hydrogen) atoms. The maximum atomic E-state index is 12.3. The third-order valence-corrected chi connectivity index (χ3v) is 6.93. The lowest BCUT2D eigenvalue weighted by Crippen LogP contribution is -2.34. The molecule has 3 aromatic rings. The van der Waals surface area contributed by atoms with Crippen LogP contribution in [0.3, 0.4) is 0 Å². The van der Waals surface area contributed by atoms with Crippen LogP contribution in [0.2, 0.25) is 0 Å². The minimum absolute atomic E-state index is 0.00718. The number of carbonyl (C=O) groups is 1. The quantitative estimate of drug-likeness (QED) is 0.309. The zero-order chi connectivity index (χ0) is 24.9. The van der Waals surface area contributed by atoms with Gasteiger partial charge in [-0.05, 0) is 59.5 Å². The van der Waals surface area contributed by atoms with E-state index in [0.29, 0.717) is 25.8 Å². The average molecular weight is 493 g/mol. The molecule has 0 aliphatic heterocycles. The van der Waals surface area contributed by atoms with Gasteiger partial charge in [0.2, 0.25) is 5.91 Å². The molecular formula is C29H36N2O3S. The molecule has 0 radical (unpaired) electrons. The molecule has 0 fully saturated rings. The Hall–Kier alpha value is -2.64. The number of fused-ring (bicyclic) bond motifs is 1. The summed E-state index contributed by atoms with van der Waals surface area (Å²) in [6.07, 6.45) is 2.05. The summed E-state index contributed by atoms with van der Waals surface area (Å²) in [5.41, 5.74) is 3.50. The smallest absolute Gasteiger partial charge is 0.220 e. The molecule has 3 atom stereocenters. The minimum Gasteiger partial charge on any atom is -0.396 e. The van der Waals surface area contributed by atoms with Crippen LogP contribution in [0.4, 0.5) is 0 Å². The van der Waals surface area contributed by atoms with E-state index < -0.39 is 6.10 Å². The molecule has 1 aliphatic carbocycles. The Morgan fingerprint density at radius 3 is 2.31 bits per heavy atom. The number of aliphatic hydroxyl groups is 2. The summed E-state index contributed by atoms with van der Waals surface area (Å²) in [4.78, 5) is 13.5. The van der Waals surface area contributed by atoms with E-state index in [0.717, 1.165) is 22.4 Å². The lowest BCUT2D eigenvalue weighted by Gasteiger charge is -2.19. The van der Waals surface area contributed by atoms with Crippen molar-refractivity contribution < 1.29 is 15.0 Å². The van der Waals surface area contributed by atoms with Crippen LogP contribution in [0.5, 0.6) is 0 Å². The monoisotopic (exact) mass is 492 g/mol. The Balaban J connectivity index is 0.000000363. The highest BCUT2D eigenvalue weighted by Gasteiger charge is 2.31. The van der Waals surface area contributed by atoms with E-state index in [9.17, 15) is 15.0 Å². The molecule has 0 saturated heterocycles. The SMILES string of the molecule is CCc1ccccc1.O=C(CCC(CO)CNSc1ccccc1)NC1c2ccccc2CC1O. The highest BCUT2D eigenvalue weighted by atomic mass is 32.2. The summed E-state index contributed by atoms with van der Waals surface area (Å²) in [7, 11) is 0. The summed E-state index contributed by atoms with van der Waals surface area (Å²) in [5, 5.41) is 22.8. The van der Waals surface area contributed by atoms with Gasteiger partial charge in [0.25, 0.3) is 0 Å². The Morgan fingerprint density at radius 2 is 1.66 bits per heavy atom. The molecule has 0 saturated carbocycles. The lowest BCUT2D eigenvalue weighted by atomic mass is 10.0. The van der Waals surface area contributed by atoms with Gasteiger partial charge in [-0.1, -0.05) is 79.7 Å². The van der Waals surface area contributed by atoms with Crippen molar-refractivity contribution in [1.29, 1.82) is 0 Å². The van der Waals surface area contributed by atoms with Gasteiger partial charge in [-0.15, -0.1) is 0 Å². The van der Waals surface area contributed by atoms with Crippen LogP contribution in [0.1, 0.15) is 42.5 Å². The number of aryl methyl sites for hydroxylation is 1. The molecule has 186 valence electrons. The van der Waals surface area contributed by atoms with Gasteiger partial charge in [-0.3, -0.25) is 9.52 Å². The van der Waals surface area contributed by atoms with Crippen LogP contribution >= 0.6 is 11.9 Å². The molecule has 3 unspecified atom stereocenters. The first-order chi connectivity index (χ1) is 17.1. The number of nitrogens with one attached hydrogen (secondary N) is 2. The van der Waals surface area contributed by atoms with Crippen LogP contribution in [-0.2, 0) is 17.6 Å². The summed E-state index contributed by atoms with van der Waals surface area (Å²) in [6, 6.07) is 27.9. The number of amides is 1. The fraction of sp³-hybridized carbons (Fsp3) is 0.345. The number of aliphatic hydroxyl groups excluding tert-OH is 2. The largest absolute Gasteiger partial charge is 0.396 e. The maximum Gasteiger partial charge on any atom is 0.220 e. The molecule has 0 bridgehead atoms. The second-order valence-electron chi connectivity index (χ2n) is 8.71. The van der Waals surface area contributed by atoms with Crippen LogP contribution in [0.25, 0.3) is 0 Å². The fourth-order valence-corrected chi connectivity index (χ4v) is 4.81. The van der Waals surface area contributed by atoms with E-state index in [1.54, 1.807) is 0 Å². The van der Waals surface area contributed by atoms with Crippen molar-refractivity contribution in [3.63, 3.8) is 0 Å². The standard InChI is InChI=1S/C21H26N2O3S.C8H10/c24-14-15(13-22-27-17-7-2-1-3-8-17)10-11-20(26)23-21-18-9-5-4-6-16(18)12-19(21)25;1-2-8-6-4-3-5-7-8/h1-9,15,19,21-22,24-25H,10-14H2,(H,23,26);3-7H,2H2,1H3. The average Bonchev–Trinajstić information content (AvgIpc) is 3.22. The van der Waals surface area contributed by atoms with Crippen LogP contribution in [-0.4, -0.2) is 35.4 Å². The van der Waals surface area contributed by atoms with E-state index in [-0.39, 0.29) is 24.5 Å². The first-order valence-corrected chi connectivity index (χ1v) is 13.1. The third kappa shape index (κ3) is 8.82. The van der Waals surface area contributed by atoms with E-state index in [1.165, 1.54) is 17.5 Å². The Morgan fingerprint density at radius 1 is 1.00 bits per heavy atom. The van der Waals surface area contributed by atoms with Gasteiger partial charge >= 0.3 is 0 Å². The highest BCUT2D eigenvalue weighted by Crippen LogP contribution is 2.31. The minimum atomic E-state index is -0.580. The van der Waals surface area contributed by atoms with Crippen molar-refractivity contribution in [3.8, 4) is 0 Å². The molecule has 0 aromatic heterocycles. The molecule has 6 heteroatoms. The molecule has 0 spiro atoms. The maximum absolute atomic E-state index is 12.3. The Bertz CT molecular complexity index is 1020. The van der Waals surface area contributed by atoms with Crippen LogP contribution in [0.15, 0.2) is 89.8 Å². The summed E-state index contributed by atoms with van der Waals surface area (Å²) in [6.45, 7) is 2.82. The zero-order valence-electron chi connectivity index (χ0n) is 20.3. The molecule has 1 aliphatic rings. The molecule has 3 aromatic carbocycles. The predicted molar refractivity (Wildman–Crippen MR) is 143 cm³/mol. The summed E-state index contributed by atoms with van der Waals surface area (Å²) < 4.78 is 3.25. The van der Waals surface area contributed by atoms with Gasteiger partial charge in [-0.2, -0.15) is 0 Å². The molecular weight excluding hydrogens is 456 g/mol. The zero-order valence-corrected chi connectivity index (χ0v) is 21.1. The molecule has 1 amide bonds. The number of benzene rings is 3. The van der Waals surface area contributed by atoms with Crippen LogP contribution < -0.4 is 10.0 Å². The Labute approximate surface area is 213 Å². The normalized spacial score (nSPS) is 17.1. The predicted octanol–water partition coefficient (Wildman–Crippen LogP) is 4.70. The second kappa shape index (κ2) is 14.7. The topological polar surface area (TPSA) is 81.6 Å². The number of hydrogen-bond acceptors (Lipinski definition) is 5. The summed E-state index contributed by atoms with van der Waals surface area (Å²) >= 11 is 1.52. The molecule has 5 nitrogen and oxygen atoms in total. The lowest BCUT2D eigenvalue weighted by molar-refractivity contribution is -0.123. The van der Waals surface area contributed by atoms with Gasteiger partial charge in [0.05, 0.1) is 12.1 Å². The third-order valence-electron chi connectivity index (χ3n) is 6.11. The number of carbonyl (C=O) groups excluding carboxylic acids is 1. The van der Waals surface area contributed by atoms with Crippen molar-refractivity contribution in [2.45, 2.75) is 49.6 Å². The van der Waals surface area contributed by atoms with Crippen molar-refractivity contribution in [2.24, 2.45) is 5.92 Å². The number of hydrogen-bond donors (Lipinski definition) is 4.